The van der Waals surface area contributed by atoms with Crippen LogP contribution >= 0.6 is 0 Å². The summed E-state index contributed by atoms with van der Waals surface area (Å²) in [5.74, 6) is 0.944. The van der Waals surface area contributed by atoms with E-state index in [1.165, 1.54) is 12.1 Å². The molecule has 1 aliphatic rings. The first-order valence-electron chi connectivity index (χ1n) is 7.62. The normalized spacial score (nSPS) is 12.8. The molecule has 8 nitrogen and oxygen atoms in total. The molecule has 0 aliphatic carbocycles. The average Bonchev–Trinajstić information content (AvgIpc) is 2.98. The fraction of sp³-hybridized carbons (Fsp3) is 0.118. The minimum atomic E-state index is -0.437. The fourth-order valence-corrected chi connectivity index (χ4v) is 2.94. The van der Waals surface area contributed by atoms with Gasteiger partial charge in [0.15, 0.2) is 11.6 Å². The van der Waals surface area contributed by atoms with Gasteiger partial charge in [-0.15, -0.1) is 10.2 Å². The van der Waals surface area contributed by atoms with Gasteiger partial charge in [-0.25, -0.2) is 0 Å². The van der Waals surface area contributed by atoms with Crippen molar-refractivity contribution in [3.05, 3.63) is 81.4 Å². The number of aliphatic hydroxyl groups is 1. The first-order valence-corrected chi connectivity index (χ1v) is 7.62. The number of nitrogens with zero attached hydrogens (tertiary/aromatic N) is 5. The predicted molar refractivity (Wildman–Crippen MR) is 89.7 cm³/mol. The molecule has 0 bridgehead atoms. The average molecular weight is 335 g/mol. The third kappa shape index (κ3) is 2.48. The van der Waals surface area contributed by atoms with Crippen molar-refractivity contribution in [1.82, 2.24) is 14.8 Å². The molecule has 1 aliphatic heterocycles. The van der Waals surface area contributed by atoms with Gasteiger partial charge >= 0.3 is 0 Å². The molecule has 0 atom stereocenters. The second-order valence-corrected chi connectivity index (χ2v) is 5.52. The van der Waals surface area contributed by atoms with E-state index in [1.807, 2.05) is 30.3 Å². The Kier molecular flexibility index (Phi) is 3.58. The monoisotopic (exact) mass is 335 g/mol. The number of fused-ring (bicyclic) bond motifs is 3. The summed E-state index contributed by atoms with van der Waals surface area (Å²) >= 11 is 0. The highest BCUT2D eigenvalue weighted by Crippen LogP contribution is 2.29. The molecule has 2 aromatic carbocycles. The van der Waals surface area contributed by atoms with Crippen LogP contribution in [0.3, 0.4) is 0 Å². The SMILES string of the molecule is O=[N+]([O-])c1ccc2c(c1)C(c1ccccc1)=NCc1nnc(CO)n1-2. The smallest absolute Gasteiger partial charge is 0.270 e. The Morgan fingerprint density at radius 3 is 2.68 bits per heavy atom. The zero-order chi connectivity index (χ0) is 17.4. The lowest BCUT2D eigenvalue weighted by Gasteiger charge is -2.12. The molecule has 25 heavy (non-hydrogen) atoms. The van der Waals surface area contributed by atoms with Crippen molar-refractivity contribution in [2.75, 3.05) is 0 Å². The quantitative estimate of drug-likeness (QED) is 0.582. The van der Waals surface area contributed by atoms with E-state index in [9.17, 15) is 15.2 Å². The standard InChI is InChI=1S/C17H13N5O3/c23-10-16-20-19-15-9-18-17(11-4-2-1-3-5-11)13-8-12(22(24)25)6-7-14(13)21(15)16/h1-8,23H,9-10H2. The highest BCUT2D eigenvalue weighted by Gasteiger charge is 2.24. The molecular weight excluding hydrogens is 322 g/mol. The van der Waals surface area contributed by atoms with E-state index in [1.54, 1.807) is 10.6 Å². The molecule has 0 radical (unpaired) electrons. The van der Waals surface area contributed by atoms with Crippen LogP contribution in [0.25, 0.3) is 5.69 Å². The number of aromatic nitrogens is 3. The number of aliphatic imine (C=N–C) groups is 1. The van der Waals surface area contributed by atoms with Gasteiger partial charge in [-0.05, 0) is 6.07 Å². The molecule has 0 saturated heterocycles. The largest absolute Gasteiger partial charge is 0.388 e. The lowest BCUT2D eigenvalue weighted by molar-refractivity contribution is -0.384. The van der Waals surface area contributed by atoms with E-state index in [4.69, 9.17) is 0 Å². The maximum Gasteiger partial charge on any atom is 0.270 e. The van der Waals surface area contributed by atoms with Gasteiger partial charge in [0.25, 0.3) is 5.69 Å². The molecule has 0 spiro atoms. The number of hydrogen-bond acceptors (Lipinski definition) is 6. The third-order valence-electron chi connectivity index (χ3n) is 4.05. The predicted octanol–water partition coefficient (Wildman–Crippen LogP) is 2.02. The number of benzene rings is 2. The van der Waals surface area contributed by atoms with Gasteiger partial charge in [0.2, 0.25) is 0 Å². The first kappa shape index (κ1) is 15.2. The van der Waals surface area contributed by atoms with E-state index in [2.05, 4.69) is 15.2 Å². The second-order valence-electron chi connectivity index (χ2n) is 5.52. The van der Waals surface area contributed by atoms with Crippen LogP contribution < -0.4 is 0 Å². The molecule has 124 valence electrons. The van der Waals surface area contributed by atoms with Gasteiger partial charge in [0.05, 0.1) is 16.3 Å². The van der Waals surface area contributed by atoms with Gasteiger partial charge in [-0.1, -0.05) is 30.3 Å². The molecule has 0 saturated carbocycles. The van der Waals surface area contributed by atoms with Crippen LogP contribution in [0.2, 0.25) is 0 Å². The molecular formula is C17H13N5O3. The van der Waals surface area contributed by atoms with Crippen LogP contribution in [0.4, 0.5) is 5.69 Å². The van der Waals surface area contributed by atoms with Crippen molar-refractivity contribution in [2.24, 2.45) is 4.99 Å². The second kappa shape index (κ2) is 5.91. The molecule has 1 N–H and O–H groups in total. The molecule has 4 rings (SSSR count). The third-order valence-corrected chi connectivity index (χ3v) is 4.05. The topological polar surface area (TPSA) is 106 Å². The summed E-state index contributed by atoms with van der Waals surface area (Å²) < 4.78 is 1.71. The highest BCUT2D eigenvalue weighted by molar-refractivity contribution is 6.15. The Morgan fingerprint density at radius 1 is 1.16 bits per heavy atom. The van der Waals surface area contributed by atoms with Crippen LogP contribution in [0.1, 0.15) is 22.8 Å². The molecule has 2 heterocycles. The van der Waals surface area contributed by atoms with Crippen LogP contribution in [0.5, 0.6) is 0 Å². The van der Waals surface area contributed by atoms with E-state index in [-0.39, 0.29) is 18.8 Å². The Balaban J connectivity index is 2.01. The molecule has 0 fully saturated rings. The summed E-state index contributed by atoms with van der Waals surface area (Å²) in [7, 11) is 0. The summed E-state index contributed by atoms with van der Waals surface area (Å²) in [6.45, 7) is -0.0240. The van der Waals surface area contributed by atoms with Crippen LogP contribution in [-0.4, -0.2) is 30.5 Å². The molecule has 0 unspecified atom stereocenters. The first-order chi connectivity index (χ1) is 12.2. The Labute approximate surface area is 142 Å². The van der Waals surface area contributed by atoms with Gasteiger partial charge in [-0.2, -0.15) is 0 Å². The van der Waals surface area contributed by atoms with Crippen molar-refractivity contribution in [3.8, 4) is 5.69 Å². The van der Waals surface area contributed by atoms with Gasteiger partial charge in [-0.3, -0.25) is 19.7 Å². The number of nitro benzene ring substituents is 1. The molecule has 0 amide bonds. The highest BCUT2D eigenvalue weighted by atomic mass is 16.6. The van der Waals surface area contributed by atoms with Gasteiger partial charge < -0.3 is 5.11 Å². The molecule has 8 heteroatoms. The van der Waals surface area contributed by atoms with Crippen molar-refractivity contribution in [3.63, 3.8) is 0 Å². The Bertz CT molecular complexity index is 995. The number of aliphatic hydroxyl groups excluding tert-OH is 1. The number of hydrogen-bond donors (Lipinski definition) is 1. The lowest BCUT2D eigenvalue weighted by Crippen LogP contribution is -2.10. The van der Waals surface area contributed by atoms with Crippen LogP contribution in [0.15, 0.2) is 53.5 Å². The van der Waals surface area contributed by atoms with Crippen molar-refractivity contribution >= 4 is 11.4 Å². The fourth-order valence-electron chi connectivity index (χ4n) is 2.94. The Morgan fingerprint density at radius 2 is 1.96 bits per heavy atom. The minimum absolute atomic E-state index is 0.0237. The number of nitro groups is 1. The van der Waals surface area contributed by atoms with E-state index >= 15 is 0 Å². The maximum atomic E-state index is 11.2. The van der Waals surface area contributed by atoms with Gasteiger partial charge in [0.1, 0.15) is 13.2 Å². The summed E-state index contributed by atoms with van der Waals surface area (Å²) in [5, 5.41) is 28.8. The van der Waals surface area contributed by atoms with Crippen molar-refractivity contribution < 1.29 is 10.0 Å². The van der Waals surface area contributed by atoms with E-state index in [0.717, 1.165) is 5.56 Å². The summed E-state index contributed by atoms with van der Waals surface area (Å²) in [5.41, 5.74) is 2.75. The van der Waals surface area contributed by atoms with Crippen LogP contribution in [-0.2, 0) is 13.2 Å². The molecule has 1 aromatic heterocycles. The number of rotatable bonds is 3. The Hall–Kier alpha value is -3.39. The lowest BCUT2D eigenvalue weighted by atomic mass is 10.00. The molecule has 3 aromatic rings. The maximum absolute atomic E-state index is 11.2. The van der Waals surface area contributed by atoms with Gasteiger partial charge in [0, 0.05) is 23.3 Å². The van der Waals surface area contributed by atoms with Crippen LogP contribution in [0, 0.1) is 10.1 Å². The zero-order valence-electron chi connectivity index (χ0n) is 13.0. The van der Waals surface area contributed by atoms with E-state index < -0.39 is 4.92 Å². The minimum Gasteiger partial charge on any atom is -0.388 e. The summed E-state index contributed by atoms with van der Waals surface area (Å²) in [6, 6.07) is 14.0. The van der Waals surface area contributed by atoms with E-state index in [0.29, 0.717) is 28.6 Å². The summed E-state index contributed by atoms with van der Waals surface area (Å²) in [6.07, 6.45) is 0. The van der Waals surface area contributed by atoms with Crippen molar-refractivity contribution in [2.45, 2.75) is 13.2 Å². The zero-order valence-corrected chi connectivity index (χ0v) is 13.0. The number of non-ortho nitro benzene ring substituents is 1. The van der Waals surface area contributed by atoms with Crippen molar-refractivity contribution in [1.29, 1.82) is 0 Å². The summed E-state index contributed by atoms with van der Waals surface area (Å²) in [4.78, 5) is 15.4.